The van der Waals surface area contributed by atoms with E-state index in [9.17, 15) is 9.59 Å². The van der Waals surface area contributed by atoms with Gasteiger partial charge in [-0.05, 0) is 35.4 Å². The van der Waals surface area contributed by atoms with Crippen molar-refractivity contribution in [2.45, 2.75) is 12.2 Å². The molecule has 30 heavy (non-hydrogen) atoms. The van der Waals surface area contributed by atoms with Gasteiger partial charge in [-0.2, -0.15) is 0 Å². The highest BCUT2D eigenvalue weighted by atomic mass is 16.6. The average Bonchev–Trinajstić information content (AvgIpc) is 3.30. The molecule has 158 valence electrons. The van der Waals surface area contributed by atoms with E-state index < -0.39 is 36.0 Å². The van der Waals surface area contributed by atoms with E-state index in [2.05, 4.69) is 0 Å². The van der Waals surface area contributed by atoms with Gasteiger partial charge in [0.15, 0.2) is 23.0 Å². The van der Waals surface area contributed by atoms with Crippen molar-refractivity contribution in [2.75, 3.05) is 28.4 Å². The average molecular weight is 414 g/mol. The minimum absolute atomic E-state index is 0.481. The first-order valence-corrected chi connectivity index (χ1v) is 9.37. The Morgan fingerprint density at radius 3 is 1.30 bits per heavy atom. The lowest BCUT2D eigenvalue weighted by atomic mass is 9.84. The minimum atomic E-state index is -0.764. The van der Waals surface area contributed by atoms with Crippen molar-refractivity contribution in [1.29, 1.82) is 0 Å². The zero-order valence-corrected chi connectivity index (χ0v) is 17.0. The number of hydrogen-bond acceptors (Lipinski definition) is 8. The topological polar surface area (TPSA) is 89.5 Å². The molecule has 0 saturated carbocycles. The second-order valence-electron chi connectivity index (χ2n) is 7.00. The Morgan fingerprint density at radius 1 is 0.600 bits per heavy atom. The number of methoxy groups -OCH3 is 4. The highest BCUT2D eigenvalue weighted by molar-refractivity contribution is 5.89. The van der Waals surface area contributed by atoms with Gasteiger partial charge in [0.25, 0.3) is 0 Å². The minimum Gasteiger partial charge on any atom is -0.493 e. The summed E-state index contributed by atoms with van der Waals surface area (Å²) in [6.45, 7) is 0. The maximum Gasteiger partial charge on any atom is 0.314 e. The summed E-state index contributed by atoms with van der Waals surface area (Å²) in [6.07, 6.45) is -1.53. The molecule has 0 amide bonds. The van der Waals surface area contributed by atoms with Crippen LogP contribution in [-0.2, 0) is 19.1 Å². The van der Waals surface area contributed by atoms with E-state index in [0.29, 0.717) is 34.1 Å². The fourth-order valence-corrected chi connectivity index (χ4v) is 4.08. The summed E-state index contributed by atoms with van der Waals surface area (Å²) in [5.41, 5.74) is 1.27. The molecule has 0 radical (unpaired) electrons. The van der Waals surface area contributed by atoms with Crippen LogP contribution in [0.1, 0.15) is 23.3 Å². The van der Waals surface area contributed by atoms with E-state index >= 15 is 0 Å². The van der Waals surface area contributed by atoms with Crippen molar-refractivity contribution in [2.24, 2.45) is 11.8 Å². The second-order valence-corrected chi connectivity index (χ2v) is 7.00. The van der Waals surface area contributed by atoms with Crippen LogP contribution < -0.4 is 18.9 Å². The monoisotopic (exact) mass is 414 g/mol. The molecule has 2 aliphatic heterocycles. The maximum atomic E-state index is 12.8. The van der Waals surface area contributed by atoms with E-state index in [-0.39, 0.29) is 0 Å². The number of ether oxygens (including phenoxy) is 6. The van der Waals surface area contributed by atoms with Crippen LogP contribution >= 0.6 is 0 Å². The molecule has 0 spiro atoms. The molecule has 0 bridgehead atoms. The van der Waals surface area contributed by atoms with Crippen molar-refractivity contribution in [3.05, 3.63) is 47.5 Å². The lowest BCUT2D eigenvalue weighted by Crippen LogP contribution is -2.19. The molecular formula is C22H22O8. The third kappa shape index (κ3) is 3.08. The predicted octanol–water partition coefficient (Wildman–Crippen LogP) is 2.85. The van der Waals surface area contributed by atoms with Gasteiger partial charge in [0.2, 0.25) is 0 Å². The van der Waals surface area contributed by atoms with Crippen LogP contribution in [0.4, 0.5) is 0 Å². The van der Waals surface area contributed by atoms with Crippen molar-refractivity contribution >= 4 is 11.9 Å². The number of carbonyl (C=O) groups excluding carboxylic acids is 2. The highest BCUT2D eigenvalue weighted by Gasteiger charge is 2.60. The third-order valence-corrected chi connectivity index (χ3v) is 5.54. The van der Waals surface area contributed by atoms with Gasteiger partial charge in [0.05, 0.1) is 28.4 Å². The summed E-state index contributed by atoms with van der Waals surface area (Å²) in [7, 11) is 6.10. The summed E-state index contributed by atoms with van der Waals surface area (Å²) in [5.74, 6) is -0.425. The largest absolute Gasteiger partial charge is 0.493 e. The zero-order valence-electron chi connectivity index (χ0n) is 17.0. The van der Waals surface area contributed by atoms with Crippen LogP contribution in [0.25, 0.3) is 0 Å². The number of carbonyl (C=O) groups is 2. The Balaban J connectivity index is 1.68. The summed E-state index contributed by atoms with van der Waals surface area (Å²) in [6, 6.07) is 10.3. The quantitative estimate of drug-likeness (QED) is 0.667. The maximum absolute atomic E-state index is 12.8. The first-order chi connectivity index (χ1) is 14.5. The van der Waals surface area contributed by atoms with Gasteiger partial charge in [-0.25, -0.2) is 0 Å². The Hall–Kier alpha value is -3.42. The van der Waals surface area contributed by atoms with Crippen LogP contribution in [0, 0.1) is 11.8 Å². The SMILES string of the molecule is COc1ccc([C@H]2OC(=O)[C@H]3[C@H]2C(=O)O[C@H]3c2ccc(OC)c(OC)c2)cc1OC. The number of rotatable bonds is 6. The molecule has 0 aliphatic carbocycles. The Kier molecular flexibility index (Phi) is 5.15. The molecule has 2 heterocycles. The summed E-state index contributed by atoms with van der Waals surface area (Å²) < 4.78 is 32.4. The second kappa shape index (κ2) is 7.78. The van der Waals surface area contributed by atoms with E-state index in [4.69, 9.17) is 28.4 Å². The molecule has 0 unspecified atom stereocenters. The van der Waals surface area contributed by atoms with Gasteiger partial charge < -0.3 is 28.4 Å². The Labute approximate surface area is 173 Å². The molecule has 8 heteroatoms. The number of cyclic esters (lactones) is 2. The van der Waals surface area contributed by atoms with Crippen LogP contribution in [0.2, 0.25) is 0 Å². The Morgan fingerprint density at radius 2 is 0.967 bits per heavy atom. The molecule has 0 aromatic heterocycles. The fourth-order valence-electron chi connectivity index (χ4n) is 4.08. The van der Waals surface area contributed by atoms with Crippen molar-refractivity contribution in [1.82, 2.24) is 0 Å². The fraction of sp³-hybridized carbons (Fsp3) is 0.364. The molecule has 2 saturated heterocycles. The number of fused-ring (bicyclic) bond motifs is 1. The van der Waals surface area contributed by atoms with Crippen LogP contribution in [-0.4, -0.2) is 40.4 Å². The van der Waals surface area contributed by atoms with E-state index in [1.54, 1.807) is 36.4 Å². The first-order valence-electron chi connectivity index (χ1n) is 9.37. The predicted molar refractivity (Wildman–Crippen MR) is 104 cm³/mol. The van der Waals surface area contributed by atoms with Gasteiger partial charge in [-0.3, -0.25) is 9.59 Å². The summed E-state index contributed by atoms with van der Waals surface area (Å²) in [5, 5.41) is 0. The molecule has 2 aliphatic rings. The summed E-state index contributed by atoms with van der Waals surface area (Å²) >= 11 is 0. The van der Waals surface area contributed by atoms with Crippen molar-refractivity contribution in [3.63, 3.8) is 0 Å². The van der Waals surface area contributed by atoms with Gasteiger partial charge in [0.1, 0.15) is 24.0 Å². The van der Waals surface area contributed by atoms with Gasteiger partial charge in [-0.1, -0.05) is 12.1 Å². The number of esters is 2. The number of benzene rings is 2. The standard InChI is InChI=1S/C22H22O8/c1-25-13-7-5-11(9-15(13)27-3)19-17-18(22(24)29-19)20(30-21(17)23)12-6-8-14(26-2)16(10-12)28-4/h5-10,17-20H,1-4H3/t17-,18+,19-,20+. The normalized spacial score (nSPS) is 24.7. The molecule has 2 aromatic carbocycles. The van der Waals surface area contributed by atoms with Crippen molar-refractivity contribution in [3.8, 4) is 23.0 Å². The smallest absolute Gasteiger partial charge is 0.314 e. The lowest BCUT2D eigenvalue weighted by molar-refractivity contribution is -0.154. The van der Waals surface area contributed by atoms with E-state index in [0.717, 1.165) is 0 Å². The van der Waals surface area contributed by atoms with Crippen LogP contribution in [0.5, 0.6) is 23.0 Å². The van der Waals surface area contributed by atoms with Gasteiger partial charge in [0, 0.05) is 0 Å². The molecule has 2 fully saturated rings. The molecule has 0 N–H and O–H groups in total. The lowest BCUT2D eigenvalue weighted by Gasteiger charge is -2.17. The summed E-state index contributed by atoms with van der Waals surface area (Å²) in [4.78, 5) is 25.5. The van der Waals surface area contributed by atoms with E-state index in [1.165, 1.54) is 28.4 Å². The van der Waals surface area contributed by atoms with Gasteiger partial charge in [-0.15, -0.1) is 0 Å². The highest BCUT2D eigenvalue weighted by Crippen LogP contribution is 2.52. The molecule has 2 aromatic rings. The third-order valence-electron chi connectivity index (χ3n) is 5.54. The molecule has 8 nitrogen and oxygen atoms in total. The Bertz CT molecular complexity index is 906. The molecule has 4 rings (SSSR count). The zero-order chi connectivity index (χ0) is 21.4. The van der Waals surface area contributed by atoms with Crippen LogP contribution in [0.15, 0.2) is 36.4 Å². The molecule has 4 atom stereocenters. The van der Waals surface area contributed by atoms with Crippen LogP contribution in [0.3, 0.4) is 0 Å². The van der Waals surface area contributed by atoms with Gasteiger partial charge >= 0.3 is 11.9 Å². The molecular weight excluding hydrogens is 392 g/mol. The first kappa shape index (κ1) is 19.9. The van der Waals surface area contributed by atoms with Crippen molar-refractivity contribution < 1.29 is 38.0 Å². The number of hydrogen-bond donors (Lipinski definition) is 0. The van der Waals surface area contributed by atoms with E-state index in [1.807, 2.05) is 0 Å².